The Morgan fingerprint density at radius 3 is 2.38 bits per heavy atom. The van der Waals surface area contributed by atoms with Crippen molar-refractivity contribution in [1.29, 1.82) is 0 Å². The minimum absolute atomic E-state index is 0.0253. The lowest BCUT2D eigenvalue weighted by molar-refractivity contribution is -0.124. The van der Waals surface area contributed by atoms with Crippen molar-refractivity contribution in [2.75, 3.05) is 19.5 Å². The van der Waals surface area contributed by atoms with Gasteiger partial charge < -0.3 is 14.8 Å². The van der Waals surface area contributed by atoms with Crippen LogP contribution in [0.2, 0.25) is 0 Å². The van der Waals surface area contributed by atoms with E-state index >= 15 is 0 Å². The molecule has 2 aromatic carbocycles. The van der Waals surface area contributed by atoms with Gasteiger partial charge in [-0.3, -0.25) is 9.59 Å². The van der Waals surface area contributed by atoms with Gasteiger partial charge in [-0.25, -0.2) is 5.43 Å². The first-order valence-corrected chi connectivity index (χ1v) is 9.74. The quantitative estimate of drug-likeness (QED) is 0.459. The number of rotatable bonds is 8. The van der Waals surface area contributed by atoms with E-state index in [0.29, 0.717) is 17.1 Å². The third-order valence-electron chi connectivity index (χ3n) is 4.13. The summed E-state index contributed by atoms with van der Waals surface area (Å²) in [5.41, 5.74) is 5.93. The number of hydrogen-bond acceptors (Lipinski definition) is 5. The SMILES string of the molecule is COc1cc(OC)c(/C=N\NC(=O)CCC(=O)Nc2ccc(C)cc2C)cc1Br. The van der Waals surface area contributed by atoms with Gasteiger partial charge in [0.15, 0.2) is 0 Å². The minimum Gasteiger partial charge on any atom is -0.496 e. The molecule has 0 fully saturated rings. The minimum atomic E-state index is -0.358. The summed E-state index contributed by atoms with van der Waals surface area (Å²) < 4.78 is 11.2. The highest BCUT2D eigenvalue weighted by atomic mass is 79.9. The standard InChI is InChI=1S/C21H24BrN3O4/c1-13-5-6-17(14(2)9-13)24-20(26)7-8-21(27)25-23-12-15-10-16(22)19(29-4)11-18(15)28-3/h5-6,9-12H,7-8H2,1-4H3,(H,24,26)(H,25,27)/b23-12-. The normalized spacial score (nSPS) is 10.7. The summed E-state index contributed by atoms with van der Waals surface area (Å²) in [6.45, 7) is 3.92. The van der Waals surface area contributed by atoms with Crippen LogP contribution in [-0.4, -0.2) is 32.2 Å². The number of carbonyl (C=O) groups is 2. The van der Waals surface area contributed by atoms with E-state index < -0.39 is 0 Å². The predicted octanol–water partition coefficient (Wildman–Crippen LogP) is 3.95. The van der Waals surface area contributed by atoms with E-state index in [-0.39, 0.29) is 24.7 Å². The van der Waals surface area contributed by atoms with Crippen molar-refractivity contribution in [3.8, 4) is 11.5 Å². The van der Waals surface area contributed by atoms with Gasteiger partial charge in [-0.05, 0) is 47.5 Å². The van der Waals surface area contributed by atoms with Crippen LogP contribution in [0.4, 0.5) is 5.69 Å². The second-order valence-corrected chi connectivity index (χ2v) is 7.24. The van der Waals surface area contributed by atoms with E-state index in [4.69, 9.17) is 9.47 Å². The first-order valence-electron chi connectivity index (χ1n) is 8.94. The van der Waals surface area contributed by atoms with Crippen LogP contribution in [-0.2, 0) is 9.59 Å². The molecule has 0 unspecified atom stereocenters. The molecule has 0 radical (unpaired) electrons. The number of nitrogens with zero attached hydrogens (tertiary/aromatic N) is 1. The summed E-state index contributed by atoms with van der Waals surface area (Å²) in [7, 11) is 3.09. The van der Waals surface area contributed by atoms with Crippen molar-refractivity contribution >= 4 is 39.6 Å². The van der Waals surface area contributed by atoms with Crippen LogP contribution >= 0.6 is 15.9 Å². The van der Waals surface area contributed by atoms with Crippen LogP contribution in [0, 0.1) is 13.8 Å². The highest BCUT2D eigenvalue weighted by Gasteiger charge is 2.10. The van der Waals surface area contributed by atoms with Crippen molar-refractivity contribution in [2.24, 2.45) is 5.10 Å². The lowest BCUT2D eigenvalue weighted by Crippen LogP contribution is -2.21. The Labute approximate surface area is 178 Å². The predicted molar refractivity (Wildman–Crippen MR) is 117 cm³/mol. The molecule has 0 spiro atoms. The van der Waals surface area contributed by atoms with Crippen molar-refractivity contribution in [1.82, 2.24) is 5.43 Å². The van der Waals surface area contributed by atoms with Gasteiger partial charge in [-0.2, -0.15) is 5.10 Å². The highest BCUT2D eigenvalue weighted by molar-refractivity contribution is 9.10. The summed E-state index contributed by atoms with van der Waals surface area (Å²) >= 11 is 3.39. The number of ether oxygens (including phenoxy) is 2. The van der Waals surface area contributed by atoms with Crippen LogP contribution < -0.4 is 20.2 Å². The van der Waals surface area contributed by atoms with Gasteiger partial charge in [0.2, 0.25) is 11.8 Å². The van der Waals surface area contributed by atoms with Crippen molar-refractivity contribution in [3.63, 3.8) is 0 Å². The highest BCUT2D eigenvalue weighted by Crippen LogP contribution is 2.31. The molecule has 7 nitrogen and oxygen atoms in total. The van der Waals surface area contributed by atoms with Gasteiger partial charge in [-0.15, -0.1) is 0 Å². The lowest BCUT2D eigenvalue weighted by atomic mass is 10.1. The number of hydrazone groups is 1. The molecule has 29 heavy (non-hydrogen) atoms. The molecular formula is C21H24BrN3O4. The summed E-state index contributed by atoms with van der Waals surface area (Å²) in [6, 6.07) is 9.25. The third kappa shape index (κ3) is 6.60. The lowest BCUT2D eigenvalue weighted by Gasteiger charge is -2.09. The Morgan fingerprint density at radius 2 is 1.72 bits per heavy atom. The second kappa shape index (κ2) is 10.6. The number of benzene rings is 2. The number of hydrogen-bond donors (Lipinski definition) is 2. The van der Waals surface area contributed by atoms with Crippen molar-refractivity contribution < 1.29 is 19.1 Å². The number of anilines is 1. The van der Waals surface area contributed by atoms with Crippen LogP contribution in [0.15, 0.2) is 39.9 Å². The monoisotopic (exact) mass is 461 g/mol. The number of nitrogens with one attached hydrogen (secondary N) is 2. The average molecular weight is 462 g/mol. The van der Waals surface area contributed by atoms with Gasteiger partial charge in [0.05, 0.1) is 24.9 Å². The zero-order valence-electron chi connectivity index (χ0n) is 16.8. The molecule has 0 aliphatic rings. The molecule has 0 heterocycles. The largest absolute Gasteiger partial charge is 0.496 e. The Bertz CT molecular complexity index is 928. The number of carbonyl (C=O) groups excluding carboxylic acids is 2. The Hall–Kier alpha value is -2.87. The molecule has 0 saturated carbocycles. The van der Waals surface area contributed by atoms with Crippen LogP contribution in [0.3, 0.4) is 0 Å². The molecule has 0 atom stereocenters. The van der Waals surface area contributed by atoms with Gasteiger partial charge >= 0.3 is 0 Å². The maximum Gasteiger partial charge on any atom is 0.240 e. The molecular weight excluding hydrogens is 438 g/mol. The van der Waals surface area contributed by atoms with Gasteiger partial charge in [0, 0.05) is 30.2 Å². The molecule has 2 N–H and O–H groups in total. The third-order valence-corrected chi connectivity index (χ3v) is 4.75. The number of halogens is 1. The number of methoxy groups -OCH3 is 2. The molecule has 0 bridgehead atoms. The summed E-state index contributed by atoms with van der Waals surface area (Å²) in [5.74, 6) is 0.592. The van der Waals surface area contributed by atoms with E-state index in [1.54, 1.807) is 19.2 Å². The van der Waals surface area contributed by atoms with Gasteiger partial charge in [0.25, 0.3) is 0 Å². The van der Waals surface area contributed by atoms with Crippen molar-refractivity contribution in [2.45, 2.75) is 26.7 Å². The number of amides is 2. The fraction of sp³-hybridized carbons (Fsp3) is 0.286. The van der Waals surface area contributed by atoms with E-state index in [9.17, 15) is 9.59 Å². The molecule has 0 aromatic heterocycles. The van der Waals surface area contributed by atoms with Gasteiger partial charge in [-0.1, -0.05) is 17.7 Å². The molecule has 2 amide bonds. The van der Waals surface area contributed by atoms with Crippen LogP contribution in [0.5, 0.6) is 11.5 Å². The first-order chi connectivity index (χ1) is 13.8. The molecule has 0 saturated heterocycles. The smallest absolute Gasteiger partial charge is 0.240 e. The number of aryl methyl sites for hydroxylation is 2. The van der Waals surface area contributed by atoms with E-state index in [1.165, 1.54) is 13.3 Å². The maximum atomic E-state index is 12.1. The fourth-order valence-electron chi connectivity index (χ4n) is 2.61. The van der Waals surface area contributed by atoms with E-state index in [1.807, 2.05) is 32.0 Å². The Balaban J connectivity index is 1.86. The Kier molecular flexibility index (Phi) is 8.21. The first kappa shape index (κ1) is 22.4. The zero-order valence-corrected chi connectivity index (χ0v) is 18.4. The molecule has 2 rings (SSSR count). The zero-order chi connectivity index (χ0) is 21.4. The molecule has 0 aliphatic carbocycles. The van der Waals surface area contributed by atoms with Crippen LogP contribution in [0.25, 0.3) is 0 Å². The maximum absolute atomic E-state index is 12.1. The summed E-state index contributed by atoms with van der Waals surface area (Å²) in [5, 5.41) is 6.75. The summed E-state index contributed by atoms with van der Waals surface area (Å²) in [6.07, 6.45) is 1.56. The van der Waals surface area contributed by atoms with E-state index in [2.05, 4.69) is 31.8 Å². The molecule has 154 valence electrons. The van der Waals surface area contributed by atoms with Gasteiger partial charge in [0.1, 0.15) is 11.5 Å². The summed E-state index contributed by atoms with van der Waals surface area (Å²) in [4.78, 5) is 24.0. The van der Waals surface area contributed by atoms with Crippen molar-refractivity contribution in [3.05, 3.63) is 51.5 Å². The molecule has 8 heteroatoms. The fourth-order valence-corrected chi connectivity index (χ4v) is 3.13. The Morgan fingerprint density at radius 1 is 1.03 bits per heavy atom. The molecule has 0 aliphatic heterocycles. The van der Waals surface area contributed by atoms with E-state index in [0.717, 1.165) is 21.3 Å². The second-order valence-electron chi connectivity index (χ2n) is 6.39. The van der Waals surface area contributed by atoms with Crippen LogP contribution in [0.1, 0.15) is 29.5 Å². The molecule has 2 aromatic rings. The average Bonchev–Trinajstić information content (AvgIpc) is 2.68. The topological polar surface area (TPSA) is 89.0 Å².